The SMILES string of the molecule is CCCNC1CCCCCCC1N1CCCC(C)(OC)C1. The first-order valence-electron chi connectivity index (χ1n) is 9.21. The molecule has 1 aliphatic carbocycles. The molecule has 1 N–H and O–H groups in total. The van der Waals surface area contributed by atoms with Gasteiger partial charge in [0.2, 0.25) is 0 Å². The molecule has 0 aromatic carbocycles. The fourth-order valence-corrected chi connectivity index (χ4v) is 4.16. The quantitative estimate of drug-likeness (QED) is 0.839. The molecular formula is C18H36N2O. The highest BCUT2D eigenvalue weighted by Crippen LogP contribution is 2.29. The average Bonchev–Trinajstić information content (AvgIpc) is 2.46. The van der Waals surface area contributed by atoms with E-state index in [0.717, 1.165) is 13.1 Å². The van der Waals surface area contributed by atoms with Gasteiger partial charge in [0.05, 0.1) is 5.60 Å². The maximum atomic E-state index is 5.81. The van der Waals surface area contributed by atoms with Crippen molar-refractivity contribution in [3.63, 3.8) is 0 Å². The lowest BCUT2D eigenvalue weighted by Gasteiger charge is -2.46. The monoisotopic (exact) mass is 296 g/mol. The smallest absolute Gasteiger partial charge is 0.0777 e. The summed E-state index contributed by atoms with van der Waals surface area (Å²) in [4.78, 5) is 2.74. The van der Waals surface area contributed by atoms with Gasteiger partial charge in [-0.2, -0.15) is 0 Å². The molecular weight excluding hydrogens is 260 g/mol. The van der Waals surface area contributed by atoms with Gasteiger partial charge in [-0.3, -0.25) is 4.90 Å². The van der Waals surface area contributed by atoms with Crippen molar-refractivity contribution in [3.05, 3.63) is 0 Å². The summed E-state index contributed by atoms with van der Waals surface area (Å²) in [5, 5.41) is 3.85. The summed E-state index contributed by atoms with van der Waals surface area (Å²) in [7, 11) is 1.88. The molecule has 124 valence electrons. The number of methoxy groups -OCH3 is 1. The molecule has 3 nitrogen and oxygen atoms in total. The summed E-state index contributed by atoms with van der Waals surface area (Å²) in [6, 6.07) is 1.40. The second-order valence-electron chi connectivity index (χ2n) is 7.35. The number of piperidine rings is 1. The molecule has 2 fully saturated rings. The number of hydrogen-bond donors (Lipinski definition) is 1. The van der Waals surface area contributed by atoms with Crippen LogP contribution in [0.3, 0.4) is 0 Å². The molecule has 0 amide bonds. The molecule has 3 heteroatoms. The van der Waals surface area contributed by atoms with Gasteiger partial charge >= 0.3 is 0 Å². The summed E-state index contributed by atoms with van der Waals surface area (Å²) in [6.07, 6.45) is 12.1. The van der Waals surface area contributed by atoms with E-state index < -0.39 is 0 Å². The highest BCUT2D eigenvalue weighted by atomic mass is 16.5. The second-order valence-corrected chi connectivity index (χ2v) is 7.35. The van der Waals surface area contributed by atoms with Crippen LogP contribution in [0.4, 0.5) is 0 Å². The first-order valence-corrected chi connectivity index (χ1v) is 9.21. The first kappa shape index (κ1) is 17.2. The van der Waals surface area contributed by atoms with Gasteiger partial charge in [-0.1, -0.05) is 32.6 Å². The topological polar surface area (TPSA) is 24.5 Å². The van der Waals surface area contributed by atoms with Crippen molar-refractivity contribution < 1.29 is 4.74 Å². The zero-order valence-electron chi connectivity index (χ0n) is 14.5. The summed E-state index contributed by atoms with van der Waals surface area (Å²) in [6.45, 7) is 8.09. The van der Waals surface area contributed by atoms with Crippen molar-refractivity contribution in [3.8, 4) is 0 Å². The summed E-state index contributed by atoms with van der Waals surface area (Å²) in [5.41, 5.74) is 0.0654. The number of ether oxygens (including phenoxy) is 1. The van der Waals surface area contributed by atoms with Crippen LogP contribution in [0, 0.1) is 0 Å². The normalized spacial score (nSPS) is 36.1. The van der Waals surface area contributed by atoms with Crippen molar-refractivity contribution in [1.29, 1.82) is 0 Å². The minimum Gasteiger partial charge on any atom is -0.377 e. The number of rotatable bonds is 5. The molecule has 2 aliphatic rings. The molecule has 1 heterocycles. The summed E-state index contributed by atoms with van der Waals surface area (Å²) in [5.74, 6) is 0. The molecule has 0 bridgehead atoms. The van der Waals surface area contributed by atoms with Crippen LogP contribution in [0.25, 0.3) is 0 Å². The van der Waals surface area contributed by atoms with Crippen LogP contribution in [0.15, 0.2) is 0 Å². The van der Waals surface area contributed by atoms with Gasteiger partial charge in [-0.15, -0.1) is 0 Å². The Labute approximate surface area is 131 Å². The van der Waals surface area contributed by atoms with Crippen molar-refractivity contribution in [2.24, 2.45) is 0 Å². The van der Waals surface area contributed by atoms with Crippen LogP contribution >= 0.6 is 0 Å². The molecule has 1 saturated carbocycles. The van der Waals surface area contributed by atoms with E-state index in [9.17, 15) is 0 Å². The molecule has 3 atom stereocenters. The van der Waals surface area contributed by atoms with E-state index in [0.29, 0.717) is 12.1 Å². The molecule has 1 aliphatic heterocycles. The Morgan fingerprint density at radius 3 is 2.62 bits per heavy atom. The predicted octanol–water partition coefficient (Wildman–Crippen LogP) is 3.58. The van der Waals surface area contributed by atoms with Crippen LogP contribution in [0.2, 0.25) is 0 Å². The van der Waals surface area contributed by atoms with E-state index in [4.69, 9.17) is 4.74 Å². The van der Waals surface area contributed by atoms with Crippen molar-refractivity contribution in [2.75, 3.05) is 26.7 Å². The van der Waals surface area contributed by atoms with Gasteiger partial charge in [-0.05, 0) is 52.1 Å². The molecule has 0 spiro atoms. The Kier molecular flexibility index (Phi) is 6.97. The van der Waals surface area contributed by atoms with E-state index in [1.54, 1.807) is 0 Å². The second kappa shape index (κ2) is 8.50. The van der Waals surface area contributed by atoms with Gasteiger partial charge in [0.25, 0.3) is 0 Å². The van der Waals surface area contributed by atoms with Crippen LogP contribution in [0.1, 0.15) is 71.6 Å². The lowest BCUT2D eigenvalue weighted by molar-refractivity contribution is -0.0668. The maximum absolute atomic E-state index is 5.81. The van der Waals surface area contributed by atoms with Gasteiger partial charge in [0.15, 0.2) is 0 Å². The van der Waals surface area contributed by atoms with E-state index in [1.165, 1.54) is 64.3 Å². The Bertz CT molecular complexity index is 295. The van der Waals surface area contributed by atoms with Gasteiger partial charge < -0.3 is 10.1 Å². The molecule has 0 aromatic rings. The molecule has 3 unspecified atom stereocenters. The molecule has 1 saturated heterocycles. The first-order chi connectivity index (χ1) is 10.2. The third-order valence-corrected chi connectivity index (χ3v) is 5.54. The minimum atomic E-state index is 0.0654. The van der Waals surface area contributed by atoms with Crippen LogP contribution in [-0.4, -0.2) is 49.3 Å². The number of nitrogens with zero attached hydrogens (tertiary/aromatic N) is 1. The summed E-state index contributed by atoms with van der Waals surface area (Å²) < 4.78 is 5.81. The van der Waals surface area contributed by atoms with Gasteiger partial charge in [0, 0.05) is 25.7 Å². The number of likely N-dealkylation sites (tertiary alicyclic amines) is 1. The largest absolute Gasteiger partial charge is 0.377 e. The predicted molar refractivity (Wildman–Crippen MR) is 89.8 cm³/mol. The third kappa shape index (κ3) is 4.94. The van der Waals surface area contributed by atoms with Crippen molar-refractivity contribution >= 4 is 0 Å². The highest BCUT2D eigenvalue weighted by Gasteiger charge is 2.36. The van der Waals surface area contributed by atoms with Gasteiger partial charge in [-0.25, -0.2) is 0 Å². The molecule has 0 aromatic heterocycles. The van der Waals surface area contributed by atoms with E-state index >= 15 is 0 Å². The van der Waals surface area contributed by atoms with E-state index in [2.05, 4.69) is 24.1 Å². The average molecular weight is 296 g/mol. The Balaban J connectivity index is 2.03. The fraction of sp³-hybridized carbons (Fsp3) is 1.00. The van der Waals surface area contributed by atoms with Gasteiger partial charge in [0.1, 0.15) is 0 Å². The standard InChI is InChI=1S/C18H36N2O/c1-4-13-19-16-10-7-5-6-8-11-17(16)20-14-9-12-18(2,15-20)21-3/h16-17,19H,4-15H2,1-3H3. The van der Waals surface area contributed by atoms with Crippen LogP contribution < -0.4 is 5.32 Å². The Hall–Kier alpha value is -0.120. The molecule has 21 heavy (non-hydrogen) atoms. The fourth-order valence-electron chi connectivity index (χ4n) is 4.16. The summed E-state index contributed by atoms with van der Waals surface area (Å²) >= 11 is 0. The maximum Gasteiger partial charge on any atom is 0.0777 e. The lowest BCUT2D eigenvalue weighted by Crippen LogP contribution is -2.57. The van der Waals surface area contributed by atoms with Crippen LogP contribution in [-0.2, 0) is 4.74 Å². The Morgan fingerprint density at radius 1 is 1.14 bits per heavy atom. The molecule has 0 radical (unpaired) electrons. The van der Waals surface area contributed by atoms with E-state index in [1.807, 2.05) is 7.11 Å². The highest BCUT2D eigenvalue weighted by molar-refractivity contribution is 4.93. The van der Waals surface area contributed by atoms with Crippen molar-refractivity contribution in [1.82, 2.24) is 10.2 Å². The number of nitrogens with one attached hydrogen (secondary N) is 1. The zero-order chi connectivity index (χ0) is 15.1. The Morgan fingerprint density at radius 2 is 1.90 bits per heavy atom. The number of hydrogen-bond acceptors (Lipinski definition) is 3. The molecule has 2 rings (SSSR count). The van der Waals surface area contributed by atoms with Crippen molar-refractivity contribution in [2.45, 2.75) is 89.3 Å². The lowest BCUT2D eigenvalue weighted by atomic mass is 9.87. The third-order valence-electron chi connectivity index (χ3n) is 5.54. The minimum absolute atomic E-state index is 0.0654. The zero-order valence-corrected chi connectivity index (χ0v) is 14.5. The van der Waals surface area contributed by atoms with E-state index in [-0.39, 0.29) is 5.60 Å². The van der Waals surface area contributed by atoms with Crippen LogP contribution in [0.5, 0.6) is 0 Å².